The molecular formula is C17H17ClN2O3. The van der Waals surface area contributed by atoms with Gasteiger partial charge in [0.2, 0.25) is 5.91 Å². The molecule has 0 fully saturated rings. The molecule has 2 aromatic carbocycles. The number of esters is 1. The molecular weight excluding hydrogens is 316 g/mol. The Balaban J connectivity index is 1.97. The van der Waals surface area contributed by atoms with Crippen LogP contribution in [0.15, 0.2) is 42.5 Å². The van der Waals surface area contributed by atoms with E-state index < -0.39 is 5.97 Å². The maximum atomic E-state index is 12.0. The predicted molar refractivity (Wildman–Crippen MR) is 91.1 cm³/mol. The summed E-state index contributed by atoms with van der Waals surface area (Å²) in [5.41, 5.74) is 2.59. The summed E-state index contributed by atoms with van der Waals surface area (Å²) in [7, 11) is 1.31. The summed E-state index contributed by atoms with van der Waals surface area (Å²) in [6, 6.07) is 12.0. The van der Waals surface area contributed by atoms with E-state index in [4.69, 9.17) is 11.6 Å². The molecule has 2 N–H and O–H groups in total. The van der Waals surface area contributed by atoms with Gasteiger partial charge < -0.3 is 15.4 Å². The Kier molecular flexibility index (Phi) is 5.60. The lowest BCUT2D eigenvalue weighted by Gasteiger charge is -2.11. The quantitative estimate of drug-likeness (QED) is 0.822. The number of nitrogens with one attached hydrogen (secondary N) is 2. The fourth-order valence-corrected chi connectivity index (χ4v) is 2.20. The second kappa shape index (κ2) is 7.65. The highest BCUT2D eigenvalue weighted by atomic mass is 35.5. The summed E-state index contributed by atoms with van der Waals surface area (Å²) in [5, 5.41) is 6.40. The van der Waals surface area contributed by atoms with E-state index in [1.54, 1.807) is 30.3 Å². The van der Waals surface area contributed by atoms with Gasteiger partial charge in [-0.2, -0.15) is 0 Å². The zero-order chi connectivity index (χ0) is 16.8. The van der Waals surface area contributed by atoms with E-state index in [-0.39, 0.29) is 12.5 Å². The van der Waals surface area contributed by atoms with Crippen LogP contribution in [-0.4, -0.2) is 25.5 Å². The molecule has 120 valence electrons. The van der Waals surface area contributed by atoms with Gasteiger partial charge in [-0.05, 0) is 42.8 Å². The van der Waals surface area contributed by atoms with Crippen molar-refractivity contribution < 1.29 is 14.3 Å². The average Bonchev–Trinajstić information content (AvgIpc) is 2.55. The number of amides is 1. The molecule has 1 amide bonds. The van der Waals surface area contributed by atoms with Crippen molar-refractivity contribution in [2.75, 3.05) is 24.3 Å². The van der Waals surface area contributed by atoms with E-state index in [0.717, 1.165) is 11.3 Å². The number of hydrogen-bond acceptors (Lipinski definition) is 4. The van der Waals surface area contributed by atoms with Gasteiger partial charge in [-0.1, -0.05) is 23.7 Å². The minimum Gasteiger partial charge on any atom is -0.465 e. The first kappa shape index (κ1) is 16.8. The van der Waals surface area contributed by atoms with Crippen LogP contribution in [0.1, 0.15) is 15.9 Å². The van der Waals surface area contributed by atoms with Gasteiger partial charge in [0.05, 0.1) is 19.2 Å². The van der Waals surface area contributed by atoms with Crippen molar-refractivity contribution in [3.63, 3.8) is 0 Å². The number of halogens is 1. The SMILES string of the molecule is COC(=O)c1cccc(NC(=O)CNc2cccc(Cl)c2C)c1. The molecule has 0 heterocycles. The molecule has 0 saturated carbocycles. The topological polar surface area (TPSA) is 67.4 Å². The van der Waals surface area contributed by atoms with E-state index >= 15 is 0 Å². The molecule has 2 aromatic rings. The van der Waals surface area contributed by atoms with Crippen LogP contribution in [0, 0.1) is 6.92 Å². The molecule has 0 atom stereocenters. The molecule has 0 aliphatic carbocycles. The predicted octanol–water partition coefficient (Wildman–Crippen LogP) is 3.49. The number of methoxy groups -OCH3 is 1. The maximum Gasteiger partial charge on any atom is 0.337 e. The summed E-state index contributed by atoms with van der Waals surface area (Å²) in [4.78, 5) is 23.5. The zero-order valence-electron chi connectivity index (χ0n) is 12.9. The molecule has 0 bridgehead atoms. The Bertz CT molecular complexity index is 732. The van der Waals surface area contributed by atoms with E-state index in [9.17, 15) is 9.59 Å². The fourth-order valence-electron chi connectivity index (χ4n) is 2.02. The van der Waals surface area contributed by atoms with Gasteiger partial charge in [0.25, 0.3) is 0 Å². The van der Waals surface area contributed by atoms with Gasteiger partial charge in [-0.25, -0.2) is 4.79 Å². The molecule has 5 nitrogen and oxygen atoms in total. The molecule has 0 unspecified atom stereocenters. The summed E-state index contributed by atoms with van der Waals surface area (Å²) in [5.74, 6) is -0.680. The van der Waals surface area contributed by atoms with E-state index in [0.29, 0.717) is 16.3 Å². The van der Waals surface area contributed by atoms with Gasteiger partial charge in [-0.15, -0.1) is 0 Å². The van der Waals surface area contributed by atoms with Gasteiger partial charge >= 0.3 is 5.97 Å². The van der Waals surface area contributed by atoms with Crippen LogP contribution in [0.4, 0.5) is 11.4 Å². The summed E-state index contributed by atoms with van der Waals surface area (Å²) < 4.78 is 4.65. The molecule has 0 aromatic heterocycles. The first-order valence-corrected chi connectivity index (χ1v) is 7.36. The molecule has 0 saturated heterocycles. The Hall–Kier alpha value is -2.53. The van der Waals surface area contributed by atoms with Crippen molar-refractivity contribution in [1.29, 1.82) is 0 Å². The highest BCUT2D eigenvalue weighted by Crippen LogP contribution is 2.22. The molecule has 0 aliphatic rings. The minimum atomic E-state index is -0.450. The highest BCUT2D eigenvalue weighted by molar-refractivity contribution is 6.31. The lowest BCUT2D eigenvalue weighted by molar-refractivity contribution is -0.114. The van der Waals surface area contributed by atoms with Gasteiger partial charge in [-0.3, -0.25) is 4.79 Å². The smallest absolute Gasteiger partial charge is 0.337 e. The normalized spacial score (nSPS) is 10.0. The van der Waals surface area contributed by atoms with Crippen molar-refractivity contribution in [3.05, 3.63) is 58.6 Å². The number of ether oxygens (including phenoxy) is 1. The number of rotatable bonds is 5. The van der Waals surface area contributed by atoms with Gasteiger partial charge in [0.1, 0.15) is 0 Å². The molecule has 23 heavy (non-hydrogen) atoms. The second-order valence-corrected chi connectivity index (χ2v) is 5.29. The van der Waals surface area contributed by atoms with Crippen molar-refractivity contribution in [2.24, 2.45) is 0 Å². The van der Waals surface area contributed by atoms with Crippen molar-refractivity contribution in [1.82, 2.24) is 0 Å². The summed E-state index contributed by atoms with van der Waals surface area (Å²) in [6.07, 6.45) is 0. The molecule has 0 spiro atoms. The average molecular weight is 333 g/mol. The minimum absolute atomic E-state index is 0.0869. The van der Waals surface area contributed by atoms with E-state index in [2.05, 4.69) is 15.4 Å². The van der Waals surface area contributed by atoms with Crippen molar-refractivity contribution >= 4 is 34.9 Å². The molecule has 6 heteroatoms. The Labute approximate surface area is 139 Å². The van der Waals surface area contributed by atoms with Crippen LogP contribution in [0.5, 0.6) is 0 Å². The Morgan fingerprint density at radius 1 is 1.17 bits per heavy atom. The summed E-state index contributed by atoms with van der Waals surface area (Å²) in [6.45, 7) is 1.96. The largest absolute Gasteiger partial charge is 0.465 e. The third-order valence-corrected chi connectivity index (χ3v) is 3.68. The van der Waals surface area contributed by atoms with Crippen LogP contribution in [-0.2, 0) is 9.53 Å². The highest BCUT2D eigenvalue weighted by Gasteiger charge is 2.08. The van der Waals surface area contributed by atoms with Gasteiger partial charge in [0, 0.05) is 16.4 Å². The van der Waals surface area contributed by atoms with Crippen molar-refractivity contribution in [2.45, 2.75) is 6.92 Å². The van der Waals surface area contributed by atoms with Crippen molar-refractivity contribution in [3.8, 4) is 0 Å². The number of benzene rings is 2. The third kappa shape index (κ3) is 4.47. The van der Waals surface area contributed by atoms with Crippen LogP contribution in [0.25, 0.3) is 0 Å². The maximum absolute atomic E-state index is 12.0. The zero-order valence-corrected chi connectivity index (χ0v) is 13.6. The number of carbonyl (C=O) groups is 2. The number of anilines is 2. The Morgan fingerprint density at radius 3 is 2.65 bits per heavy atom. The lowest BCUT2D eigenvalue weighted by Crippen LogP contribution is -2.22. The van der Waals surface area contributed by atoms with E-state index in [1.807, 2.05) is 19.1 Å². The first-order chi connectivity index (χ1) is 11.0. The fraction of sp³-hybridized carbons (Fsp3) is 0.176. The standard InChI is InChI=1S/C17H17ClN2O3/c1-11-14(18)7-4-8-15(11)19-10-16(21)20-13-6-3-5-12(9-13)17(22)23-2/h3-9,19H,10H2,1-2H3,(H,20,21). The molecule has 0 aliphatic heterocycles. The summed E-state index contributed by atoms with van der Waals surface area (Å²) >= 11 is 6.04. The van der Waals surface area contributed by atoms with Crippen LogP contribution >= 0.6 is 11.6 Å². The Morgan fingerprint density at radius 2 is 1.91 bits per heavy atom. The lowest BCUT2D eigenvalue weighted by atomic mass is 10.2. The van der Waals surface area contributed by atoms with Crippen LogP contribution in [0.3, 0.4) is 0 Å². The van der Waals surface area contributed by atoms with Crippen LogP contribution in [0.2, 0.25) is 5.02 Å². The third-order valence-electron chi connectivity index (χ3n) is 3.27. The van der Waals surface area contributed by atoms with Gasteiger partial charge in [0.15, 0.2) is 0 Å². The molecule has 2 rings (SSSR count). The number of carbonyl (C=O) groups excluding carboxylic acids is 2. The van der Waals surface area contributed by atoms with E-state index in [1.165, 1.54) is 7.11 Å². The van der Waals surface area contributed by atoms with Crippen LogP contribution < -0.4 is 10.6 Å². The second-order valence-electron chi connectivity index (χ2n) is 4.89. The first-order valence-electron chi connectivity index (χ1n) is 6.98. The monoisotopic (exact) mass is 332 g/mol. The number of hydrogen-bond donors (Lipinski definition) is 2. The molecule has 0 radical (unpaired) electrons.